The lowest BCUT2D eigenvalue weighted by Gasteiger charge is -2.07. The Hall–Kier alpha value is -2.05. The topological polar surface area (TPSA) is 25.8 Å². The Morgan fingerprint density at radius 3 is 2.08 bits per heavy atom. The molecule has 4 heteroatoms. The van der Waals surface area contributed by atoms with Crippen LogP contribution in [0, 0.1) is 3.57 Å². The van der Waals surface area contributed by atoms with Crippen molar-refractivity contribution < 1.29 is 0 Å². The quantitative estimate of drug-likeness (QED) is 0.180. The van der Waals surface area contributed by atoms with E-state index >= 15 is 0 Å². The summed E-state index contributed by atoms with van der Waals surface area (Å²) in [5.41, 5.74) is 4.20. The van der Waals surface area contributed by atoms with Crippen LogP contribution in [-0.4, -0.2) is 9.97 Å². The van der Waals surface area contributed by atoms with Crippen molar-refractivity contribution in [2.75, 3.05) is 0 Å². The third-order valence-corrected chi connectivity index (χ3v) is 5.69. The zero-order chi connectivity index (χ0) is 17.7. The number of hydrogen-bond donors (Lipinski definition) is 0. The number of pyridine rings is 2. The highest BCUT2D eigenvalue weighted by atomic mass is 127. The van der Waals surface area contributed by atoms with Crippen molar-refractivity contribution in [1.82, 2.24) is 9.97 Å². The van der Waals surface area contributed by atoms with E-state index in [1.54, 1.807) is 0 Å². The van der Waals surface area contributed by atoms with Crippen LogP contribution in [0.2, 0.25) is 0 Å². The molecule has 124 valence electrons. The number of nitrogens with zero attached hydrogens (tertiary/aromatic N) is 2. The van der Waals surface area contributed by atoms with Crippen LogP contribution >= 0.6 is 38.5 Å². The van der Waals surface area contributed by atoms with Gasteiger partial charge in [0, 0.05) is 36.8 Å². The van der Waals surface area contributed by atoms with Crippen LogP contribution in [0.4, 0.5) is 0 Å². The molecule has 0 fully saturated rings. The van der Waals surface area contributed by atoms with Gasteiger partial charge in [0.25, 0.3) is 0 Å². The molecule has 0 bridgehead atoms. The fourth-order valence-electron chi connectivity index (χ4n) is 3.32. The zero-order valence-electron chi connectivity index (χ0n) is 13.6. The molecule has 3 aromatic carbocycles. The lowest BCUT2D eigenvalue weighted by atomic mass is 10.0. The van der Waals surface area contributed by atoms with Gasteiger partial charge >= 0.3 is 0 Å². The van der Waals surface area contributed by atoms with Gasteiger partial charge in [0.2, 0.25) is 0 Å². The highest BCUT2D eigenvalue weighted by Crippen LogP contribution is 2.30. The molecule has 0 spiro atoms. The maximum absolute atomic E-state index is 4.74. The van der Waals surface area contributed by atoms with E-state index in [0.29, 0.717) is 0 Å². The third kappa shape index (κ3) is 2.77. The van der Waals surface area contributed by atoms with Crippen LogP contribution < -0.4 is 0 Å². The zero-order valence-corrected chi connectivity index (χ0v) is 17.3. The van der Waals surface area contributed by atoms with Gasteiger partial charge in [-0.05, 0) is 69.3 Å². The molecule has 2 heterocycles. The summed E-state index contributed by atoms with van der Waals surface area (Å²) in [4.78, 5) is 9.32. The fourth-order valence-corrected chi connectivity index (χ4v) is 4.17. The van der Waals surface area contributed by atoms with Crippen molar-refractivity contribution in [3.05, 3.63) is 81.1 Å². The summed E-state index contributed by atoms with van der Waals surface area (Å²) in [7, 11) is 0. The molecule has 0 radical (unpaired) electrons. The SMILES string of the molecule is Brc1ccc2cc(-c3cnc4c(ccc5cc(I)cnc54)c3)ccc2c1. The summed E-state index contributed by atoms with van der Waals surface area (Å²) in [6.07, 6.45) is 3.83. The first kappa shape index (κ1) is 16.1. The highest BCUT2D eigenvalue weighted by molar-refractivity contribution is 14.1. The molecule has 0 atom stereocenters. The number of fused-ring (bicyclic) bond motifs is 4. The Balaban J connectivity index is 1.68. The van der Waals surface area contributed by atoms with E-state index in [1.807, 2.05) is 12.4 Å². The summed E-state index contributed by atoms with van der Waals surface area (Å²) < 4.78 is 2.23. The van der Waals surface area contributed by atoms with Crippen molar-refractivity contribution in [3.63, 3.8) is 0 Å². The predicted octanol–water partition coefficient (Wildman–Crippen LogP) is 6.97. The average Bonchev–Trinajstić information content (AvgIpc) is 2.66. The molecule has 5 rings (SSSR count). The molecule has 0 saturated carbocycles. The largest absolute Gasteiger partial charge is 0.253 e. The van der Waals surface area contributed by atoms with E-state index in [-0.39, 0.29) is 0 Å². The molecule has 0 aliphatic heterocycles. The molecule has 2 aromatic heterocycles. The first-order valence-corrected chi connectivity index (χ1v) is 10.1. The molecular formula is C22H12BrIN2. The number of halogens is 2. The van der Waals surface area contributed by atoms with Crippen molar-refractivity contribution in [1.29, 1.82) is 0 Å². The second-order valence-electron chi connectivity index (χ2n) is 6.29. The lowest BCUT2D eigenvalue weighted by Crippen LogP contribution is -1.88. The van der Waals surface area contributed by atoms with Crippen molar-refractivity contribution in [3.8, 4) is 11.1 Å². The predicted molar refractivity (Wildman–Crippen MR) is 120 cm³/mol. The van der Waals surface area contributed by atoms with Gasteiger partial charge in [0.05, 0.1) is 11.0 Å². The molecule has 2 nitrogen and oxygen atoms in total. The van der Waals surface area contributed by atoms with Gasteiger partial charge in [-0.15, -0.1) is 0 Å². The Morgan fingerprint density at radius 1 is 0.615 bits per heavy atom. The first-order valence-electron chi connectivity index (χ1n) is 8.21. The van der Waals surface area contributed by atoms with E-state index in [9.17, 15) is 0 Å². The number of rotatable bonds is 1. The summed E-state index contributed by atoms with van der Waals surface area (Å²) in [6.45, 7) is 0. The second-order valence-corrected chi connectivity index (χ2v) is 8.45. The van der Waals surface area contributed by atoms with Gasteiger partial charge in [0.15, 0.2) is 0 Å². The molecular weight excluding hydrogens is 499 g/mol. The Morgan fingerprint density at radius 2 is 1.23 bits per heavy atom. The van der Waals surface area contributed by atoms with Crippen molar-refractivity contribution >= 4 is 71.1 Å². The van der Waals surface area contributed by atoms with Crippen LogP contribution in [0.1, 0.15) is 0 Å². The average molecular weight is 511 g/mol. The van der Waals surface area contributed by atoms with Gasteiger partial charge in [-0.1, -0.05) is 46.3 Å². The standard InChI is InChI=1S/C22H12BrIN2/c23-19-6-5-13-7-14(1-2-15(13)9-19)18-8-16-3-4-17-10-20(24)12-26-22(17)21(16)25-11-18/h1-12H. The third-order valence-electron chi connectivity index (χ3n) is 4.60. The molecule has 26 heavy (non-hydrogen) atoms. The summed E-state index contributed by atoms with van der Waals surface area (Å²) in [6, 6.07) is 21.5. The molecule has 0 aliphatic rings. The van der Waals surface area contributed by atoms with E-state index < -0.39 is 0 Å². The van der Waals surface area contributed by atoms with Gasteiger partial charge in [-0.25, -0.2) is 0 Å². The number of aromatic nitrogens is 2. The van der Waals surface area contributed by atoms with Gasteiger partial charge in [-0.2, -0.15) is 0 Å². The number of benzene rings is 3. The first-order chi connectivity index (χ1) is 12.7. The van der Waals surface area contributed by atoms with E-state index in [4.69, 9.17) is 4.98 Å². The Bertz CT molecular complexity index is 1310. The monoisotopic (exact) mass is 510 g/mol. The molecule has 0 saturated heterocycles. The van der Waals surface area contributed by atoms with Gasteiger partial charge < -0.3 is 0 Å². The highest BCUT2D eigenvalue weighted by Gasteiger charge is 2.07. The summed E-state index contributed by atoms with van der Waals surface area (Å²) in [5.74, 6) is 0. The van der Waals surface area contributed by atoms with Crippen LogP contribution in [0.25, 0.3) is 43.7 Å². The minimum absolute atomic E-state index is 0.951. The smallest absolute Gasteiger partial charge is 0.0965 e. The molecule has 0 amide bonds. The molecule has 0 N–H and O–H groups in total. The Labute approximate surface area is 172 Å². The molecule has 0 aliphatic carbocycles. The Kier molecular flexibility index (Phi) is 3.90. The van der Waals surface area contributed by atoms with Crippen LogP contribution in [0.3, 0.4) is 0 Å². The minimum Gasteiger partial charge on any atom is -0.253 e. The van der Waals surface area contributed by atoms with Crippen LogP contribution in [0.5, 0.6) is 0 Å². The normalized spacial score (nSPS) is 11.5. The molecule has 0 unspecified atom stereocenters. The van der Waals surface area contributed by atoms with Gasteiger partial charge in [0.1, 0.15) is 0 Å². The maximum atomic E-state index is 4.74. The molecule has 5 aromatic rings. The van der Waals surface area contributed by atoms with E-state index in [0.717, 1.165) is 35.4 Å². The van der Waals surface area contributed by atoms with E-state index in [1.165, 1.54) is 16.3 Å². The lowest BCUT2D eigenvalue weighted by molar-refractivity contribution is 1.36. The van der Waals surface area contributed by atoms with E-state index in [2.05, 4.69) is 104 Å². The van der Waals surface area contributed by atoms with Crippen molar-refractivity contribution in [2.24, 2.45) is 0 Å². The van der Waals surface area contributed by atoms with Crippen molar-refractivity contribution in [2.45, 2.75) is 0 Å². The van der Waals surface area contributed by atoms with Crippen LogP contribution in [-0.2, 0) is 0 Å². The summed E-state index contributed by atoms with van der Waals surface area (Å²) in [5, 5.41) is 4.68. The fraction of sp³-hybridized carbons (Fsp3) is 0. The maximum Gasteiger partial charge on any atom is 0.0965 e. The van der Waals surface area contributed by atoms with Gasteiger partial charge in [-0.3, -0.25) is 9.97 Å². The number of hydrogen-bond acceptors (Lipinski definition) is 2. The second kappa shape index (κ2) is 6.28. The minimum atomic E-state index is 0.951. The van der Waals surface area contributed by atoms with Crippen LogP contribution in [0.15, 0.2) is 77.5 Å². The summed E-state index contributed by atoms with van der Waals surface area (Å²) >= 11 is 5.82.